The maximum absolute atomic E-state index is 5.55. The van der Waals surface area contributed by atoms with Crippen LogP contribution in [0.5, 0.6) is 0 Å². The summed E-state index contributed by atoms with van der Waals surface area (Å²) in [7, 11) is 3.27. The molecular weight excluding hydrogens is 225 g/mol. The Bertz CT molecular complexity index is 344. The van der Waals surface area contributed by atoms with E-state index in [2.05, 4.69) is 11.7 Å². The summed E-state index contributed by atoms with van der Waals surface area (Å²) in [6.45, 7) is 11.4. The molecule has 1 unspecified atom stereocenters. The first-order valence-electron chi connectivity index (χ1n) is 5.98. The van der Waals surface area contributed by atoms with Crippen molar-refractivity contribution in [2.45, 2.75) is 39.6 Å². The van der Waals surface area contributed by atoms with Gasteiger partial charge in [-0.3, -0.25) is 0 Å². The van der Waals surface area contributed by atoms with E-state index < -0.39 is 5.50 Å². The molecule has 0 saturated heterocycles. The molecule has 1 radical (unpaired) electrons. The molecule has 0 aliphatic rings. The van der Waals surface area contributed by atoms with Gasteiger partial charge in [-0.15, -0.1) is 0 Å². The highest BCUT2D eigenvalue weighted by molar-refractivity contribution is 6.31. The van der Waals surface area contributed by atoms with Gasteiger partial charge in [-0.25, -0.2) is 0 Å². The second-order valence-electron chi connectivity index (χ2n) is 4.43. The summed E-state index contributed by atoms with van der Waals surface area (Å²) in [5.41, 5.74) is 1.42. The van der Waals surface area contributed by atoms with Gasteiger partial charge in [0.25, 0.3) is 0 Å². The van der Waals surface area contributed by atoms with Crippen LogP contribution in [0, 0.1) is 0 Å². The van der Waals surface area contributed by atoms with Gasteiger partial charge in [0.15, 0.2) is 0 Å². The van der Waals surface area contributed by atoms with Crippen LogP contribution in [0.15, 0.2) is 41.6 Å². The zero-order chi connectivity index (χ0) is 14.0. The Hall–Kier alpha value is -1.29. The molecule has 0 amide bonds. The third kappa shape index (κ3) is 7.12. The van der Waals surface area contributed by atoms with Gasteiger partial charge in [0.1, 0.15) is 5.50 Å². The number of hydrogen-bond donors (Lipinski definition) is 0. The van der Waals surface area contributed by atoms with Crippen LogP contribution in [0.2, 0.25) is 0 Å². The van der Waals surface area contributed by atoms with Crippen molar-refractivity contribution in [3.8, 4) is 0 Å². The van der Waals surface area contributed by atoms with Crippen molar-refractivity contribution in [1.29, 1.82) is 0 Å². The summed E-state index contributed by atoms with van der Waals surface area (Å²) in [5.74, 6) is 0. The maximum atomic E-state index is 5.55. The van der Waals surface area contributed by atoms with Crippen molar-refractivity contribution in [2.75, 3.05) is 7.11 Å². The fraction of sp³-hybridized carbons (Fsp3) is 0.500. The minimum Gasteiger partial charge on any atom is -0.438 e. The highest BCUT2D eigenvalue weighted by atomic mass is 16.7. The fourth-order valence-electron chi connectivity index (χ4n) is 1.39. The molecule has 4 heteroatoms. The highest BCUT2D eigenvalue weighted by Crippen LogP contribution is 2.21. The molecule has 1 atom stereocenters. The van der Waals surface area contributed by atoms with Crippen molar-refractivity contribution in [3.63, 3.8) is 0 Å². The van der Waals surface area contributed by atoms with Crippen LogP contribution < -0.4 is 0 Å². The summed E-state index contributed by atoms with van der Waals surface area (Å²) in [5, 5.41) is 4.02. The van der Waals surface area contributed by atoms with Gasteiger partial charge in [0.2, 0.25) is 0 Å². The van der Waals surface area contributed by atoms with E-state index >= 15 is 0 Å². The first-order valence-corrected chi connectivity index (χ1v) is 5.98. The van der Waals surface area contributed by atoms with E-state index in [9.17, 15) is 0 Å². The predicted molar refractivity (Wildman–Crippen MR) is 78.7 cm³/mol. The number of allylic oxidation sites excluding steroid dienone is 4. The van der Waals surface area contributed by atoms with E-state index in [1.54, 1.807) is 20.7 Å². The predicted octanol–water partition coefficient (Wildman–Crippen LogP) is 3.46. The molecule has 0 aromatic carbocycles. The minimum atomic E-state index is -0.584. The van der Waals surface area contributed by atoms with Gasteiger partial charge in [-0.1, -0.05) is 36.0 Å². The summed E-state index contributed by atoms with van der Waals surface area (Å²) in [6, 6.07) is 0. The van der Waals surface area contributed by atoms with E-state index in [4.69, 9.17) is 9.49 Å². The first kappa shape index (κ1) is 16.7. The van der Waals surface area contributed by atoms with Crippen molar-refractivity contribution < 1.29 is 9.49 Å². The lowest BCUT2D eigenvalue weighted by molar-refractivity contribution is 0.0250. The van der Waals surface area contributed by atoms with E-state index in [-0.39, 0.29) is 0 Å². The first-order chi connectivity index (χ1) is 8.47. The van der Waals surface area contributed by atoms with Crippen LogP contribution in [-0.2, 0) is 9.49 Å². The van der Waals surface area contributed by atoms with Crippen LogP contribution in [0.25, 0.3) is 0 Å². The molecule has 0 aromatic rings. The molecule has 0 spiro atoms. The Morgan fingerprint density at radius 1 is 1.44 bits per heavy atom. The average Bonchev–Trinajstić information content (AvgIpc) is 2.32. The Morgan fingerprint density at radius 2 is 2.11 bits per heavy atom. The van der Waals surface area contributed by atoms with E-state index in [0.717, 1.165) is 11.3 Å². The molecule has 0 rings (SSSR count). The van der Waals surface area contributed by atoms with E-state index in [1.165, 1.54) is 0 Å². The Labute approximate surface area is 112 Å². The zero-order valence-electron chi connectivity index (χ0n) is 12.1. The smallest absolute Gasteiger partial charge is 0.347 e. The van der Waals surface area contributed by atoms with E-state index in [0.29, 0.717) is 6.42 Å². The van der Waals surface area contributed by atoms with Gasteiger partial charge in [-0.2, -0.15) is 0 Å². The van der Waals surface area contributed by atoms with Gasteiger partial charge in [0.05, 0.1) is 5.71 Å². The van der Waals surface area contributed by atoms with Crippen molar-refractivity contribution in [1.82, 2.24) is 0 Å². The quantitative estimate of drug-likeness (QED) is 0.285. The highest BCUT2D eigenvalue weighted by Gasteiger charge is 2.30. The van der Waals surface area contributed by atoms with Crippen LogP contribution in [0.3, 0.4) is 0 Å². The van der Waals surface area contributed by atoms with Crippen molar-refractivity contribution in [2.24, 2.45) is 5.16 Å². The molecule has 18 heavy (non-hydrogen) atoms. The minimum absolute atomic E-state index is 0.584. The standard InChI is InChI=1S/C14H23BNO2/c1-7-9-10-13(8-2)11-14(5,15-17-6)18-16-12(3)4/h7-10H,1,11H2,2-6H3/b10-9-,13-8+. The Kier molecular flexibility index (Phi) is 8.13. The number of oxime groups is 1. The monoisotopic (exact) mass is 248 g/mol. The summed E-state index contributed by atoms with van der Waals surface area (Å²) < 4.78 is 5.10. The molecule has 99 valence electrons. The largest absolute Gasteiger partial charge is 0.438 e. The molecule has 0 heterocycles. The molecule has 0 bridgehead atoms. The lowest BCUT2D eigenvalue weighted by Crippen LogP contribution is -2.36. The molecule has 0 aromatic heterocycles. The molecule has 3 nitrogen and oxygen atoms in total. The molecule has 0 fully saturated rings. The van der Waals surface area contributed by atoms with E-state index in [1.807, 2.05) is 45.9 Å². The second kappa shape index (κ2) is 8.75. The van der Waals surface area contributed by atoms with Crippen LogP contribution >= 0.6 is 0 Å². The molecule has 0 saturated carbocycles. The Morgan fingerprint density at radius 3 is 2.56 bits per heavy atom. The lowest BCUT2D eigenvalue weighted by atomic mass is 9.72. The second-order valence-corrected chi connectivity index (χ2v) is 4.43. The third-order valence-electron chi connectivity index (χ3n) is 2.18. The fourth-order valence-corrected chi connectivity index (χ4v) is 1.39. The lowest BCUT2D eigenvalue weighted by Gasteiger charge is -2.25. The SMILES string of the molecule is C=C/C=C\C(=C/C)CC(C)([B]OC)ON=C(C)C. The van der Waals surface area contributed by atoms with Crippen LogP contribution in [-0.4, -0.2) is 25.8 Å². The Balaban J connectivity index is 4.82. The zero-order valence-corrected chi connectivity index (χ0v) is 12.1. The number of nitrogens with zero attached hydrogens (tertiary/aromatic N) is 1. The molecule has 0 aliphatic carbocycles. The molecule has 0 aliphatic heterocycles. The van der Waals surface area contributed by atoms with Gasteiger partial charge in [0, 0.05) is 13.5 Å². The molecule has 0 N–H and O–H groups in total. The number of hydrogen-bond acceptors (Lipinski definition) is 3. The average molecular weight is 248 g/mol. The number of rotatable bonds is 8. The van der Waals surface area contributed by atoms with Gasteiger partial charge < -0.3 is 9.49 Å². The van der Waals surface area contributed by atoms with Crippen LogP contribution in [0.4, 0.5) is 0 Å². The van der Waals surface area contributed by atoms with Crippen LogP contribution in [0.1, 0.15) is 34.1 Å². The summed E-state index contributed by atoms with van der Waals surface area (Å²) in [6.07, 6.45) is 8.36. The third-order valence-corrected chi connectivity index (χ3v) is 2.18. The van der Waals surface area contributed by atoms with Crippen molar-refractivity contribution in [3.05, 3.63) is 36.5 Å². The van der Waals surface area contributed by atoms with Gasteiger partial charge >= 0.3 is 7.48 Å². The topological polar surface area (TPSA) is 30.8 Å². The normalized spacial score (nSPS) is 15.1. The van der Waals surface area contributed by atoms with Crippen molar-refractivity contribution >= 4 is 13.2 Å². The maximum Gasteiger partial charge on any atom is 0.347 e. The summed E-state index contributed by atoms with van der Waals surface area (Å²) in [4.78, 5) is 5.55. The van der Waals surface area contributed by atoms with Gasteiger partial charge in [-0.05, 0) is 33.3 Å². The summed E-state index contributed by atoms with van der Waals surface area (Å²) >= 11 is 0. The molecular formula is C14H23BNO2.